The summed E-state index contributed by atoms with van der Waals surface area (Å²) in [5, 5.41) is 4.20. The van der Waals surface area contributed by atoms with Gasteiger partial charge in [-0.25, -0.2) is 4.68 Å². The molecule has 24 heavy (non-hydrogen) atoms. The Balaban J connectivity index is 1.90. The second kappa shape index (κ2) is 6.71. The van der Waals surface area contributed by atoms with Crippen LogP contribution in [0.3, 0.4) is 0 Å². The largest absolute Gasteiger partial charge is 0.308 e. The first kappa shape index (κ1) is 16.0. The van der Waals surface area contributed by atoms with E-state index < -0.39 is 0 Å². The zero-order chi connectivity index (χ0) is 17.1. The standard InChI is InChI=1S/C20H21N3O/c1-4-22(19-14-15(2)6-7-16(19)3)20(24)17-8-10-18(11-9-17)23-13-5-12-21-23/h5-14H,4H2,1-3H3. The Morgan fingerprint density at radius 3 is 2.50 bits per heavy atom. The summed E-state index contributed by atoms with van der Waals surface area (Å²) in [6, 6.07) is 15.6. The Kier molecular flexibility index (Phi) is 4.47. The second-order valence-corrected chi connectivity index (χ2v) is 5.84. The first-order chi connectivity index (χ1) is 11.6. The highest BCUT2D eigenvalue weighted by molar-refractivity contribution is 6.06. The minimum absolute atomic E-state index is 0.0122. The van der Waals surface area contributed by atoms with Crippen molar-refractivity contribution in [3.63, 3.8) is 0 Å². The molecule has 1 aromatic heterocycles. The average Bonchev–Trinajstić information content (AvgIpc) is 3.13. The molecule has 0 fully saturated rings. The lowest BCUT2D eigenvalue weighted by atomic mass is 10.1. The SMILES string of the molecule is CCN(C(=O)c1ccc(-n2cccn2)cc1)c1cc(C)ccc1C. The molecule has 0 radical (unpaired) electrons. The molecule has 3 rings (SSSR count). The van der Waals surface area contributed by atoms with Gasteiger partial charge in [0.1, 0.15) is 0 Å². The second-order valence-electron chi connectivity index (χ2n) is 5.84. The van der Waals surface area contributed by atoms with Crippen molar-refractivity contribution in [1.82, 2.24) is 9.78 Å². The van der Waals surface area contributed by atoms with E-state index in [1.165, 1.54) is 0 Å². The van der Waals surface area contributed by atoms with Crippen molar-refractivity contribution in [3.8, 4) is 5.69 Å². The van der Waals surface area contributed by atoms with E-state index in [4.69, 9.17) is 0 Å². The lowest BCUT2D eigenvalue weighted by Gasteiger charge is -2.23. The van der Waals surface area contributed by atoms with Crippen molar-refractivity contribution >= 4 is 11.6 Å². The third kappa shape index (κ3) is 3.08. The first-order valence-electron chi connectivity index (χ1n) is 8.09. The van der Waals surface area contributed by atoms with Crippen LogP contribution in [0, 0.1) is 13.8 Å². The van der Waals surface area contributed by atoms with Crippen LogP contribution in [0.15, 0.2) is 60.9 Å². The van der Waals surface area contributed by atoms with Gasteiger partial charge in [-0.2, -0.15) is 5.10 Å². The molecule has 0 atom stereocenters. The van der Waals surface area contributed by atoms with E-state index in [2.05, 4.69) is 23.3 Å². The van der Waals surface area contributed by atoms with Gasteiger partial charge < -0.3 is 4.90 Å². The Hall–Kier alpha value is -2.88. The van der Waals surface area contributed by atoms with Crippen molar-refractivity contribution in [2.45, 2.75) is 20.8 Å². The van der Waals surface area contributed by atoms with E-state index in [9.17, 15) is 4.79 Å². The molecule has 1 amide bonds. The highest BCUT2D eigenvalue weighted by Crippen LogP contribution is 2.23. The van der Waals surface area contributed by atoms with Crippen LogP contribution in [0.2, 0.25) is 0 Å². The molecule has 0 N–H and O–H groups in total. The van der Waals surface area contributed by atoms with Crippen LogP contribution in [-0.2, 0) is 0 Å². The van der Waals surface area contributed by atoms with E-state index in [1.54, 1.807) is 10.9 Å². The number of carbonyl (C=O) groups excluding carboxylic acids is 1. The molecule has 4 heteroatoms. The molecular weight excluding hydrogens is 298 g/mol. The van der Waals surface area contributed by atoms with Crippen LogP contribution < -0.4 is 4.90 Å². The third-order valence-electron chi connectivity index (χ3n) is 4.10. The van der Waals surface area contributed by atoms with Crippen LogP contribution in [0.25, 0.3) is 5.69 Å². The molecule has 0 spiro atoms. The monoisotopic (exact) mass is 319 g/mol. The van der Waals surface area contributed by atoms with Crippen molar-refractivity contribution < 1.29 is 4.79 Å². The quantitative estimate of drug-likeness (QED) is 0.724. The number of aromatic nitrogens is 2. The summed E-state index contributed by atoms with van der Waals surface area (Å²) in [5.74, 6) is 0.0122. The molecule has 2 aromatic carbocycles. The fourth-order valence-electron chi connectivity index (χ4n) is 2.77. The van der Waals surface area contributed by atoms with Gasteiger partial charge in [0.15, 0.2) is 0 Å². The first-order valence-corrected chi connectivity index (χ1v) is 8.09. The maximum Gasteiger partial charge on any atom is 0.258 e. The Labute approximate surface area is 142 Å². The van der Waals surface area contributed by atoms with Crippen molar-refractivity contribution in [1.29, 1.82) is 0 Å². The molecular formula is C20H21N3O. The summed E-state index contributed by atoms with van der Waals surface area (Å²) in [6.45, 7) is 6.70. The maximum atomic E-state index is 12.9. The van der Waals surface area contributed by atoms with Crippen molar-refractivity contribution in [2.75, 3.05) is 11.4 Å². The van der Waals surface area contributed by atoms with Gasteiger partial charge in [0, 0.05) is 30.2 Å². The minimum Gasteiger partial charge on any atom is -0.308 e. The molecule has 1 heterocycles. The van der Waals surface area contributed by atoms with Gasteiger partial charge in [-0.15, -0.1) is 0 Å². The van der Waals surface area contributed by atoms with E-state index in [0.717, 1.165) is 22.5 Å². The van der Waals surface area contributed by atoms with Gasteiger partial charge in [-0.3, -0.25) is 4.79 Å². The third-order valence-corrected chi connectivity index (χ3v) is 4.10. The van der Waals surface area contributed by atoms with Gasteiger partial charge in [-0.05, 0) is 68.3 Å². The van der Waals surface area contributed by atoms with E-state index >= 15 is 0 Å². The summed E-state index contributed by atoms with van der Waals surface area (Å²) in [7, 11) is 0. The number of hydrogen-bond donors (Lipinski definition) is 0. The normalized spacial score (nSPS) is 10.6. The zero-order valence-corrected chi connectivity index (χ0v) is 14.2. The van der Waals surface area contributed by atoms with Gasteiger partial charge in [0.25, 0.3) is 5.91 Å². The number of benzene rings is 2. The number of aryl methyl sites for hydroxylation is 2. The fourth-order valence-corrected chi connectivity index (χ4v) is 2.77. The van der Waals surface area contributed by atoms with Crippen molar-refractivity contribution in [2.24, 2.45) is 0 Å². The lowest BCUT2D eigenvalue weighted by Crippen LogP contribution is -2.31. The number of hydrogen-bond acceptors (Lipinski definition) is 2. The van der Waals surface area contributed by atoms with Gasteiger partial charge in [0.05, 0.1) is 5.69 Å². The smallest absolute Gasteiger partial charge is 0.258 e. The molecule has 0 aliphatic rings. The zero-order valence-electron chi connectivity index (χ0n) is 14.2. The number of anilines is 1. The molecule has 0 aliphatic carbocycles. The highest BCUT2D eigenvalue weighted by Gasteiger charge is 2.18. The summed E-state index contributed by atoms with van der Waals surface area (Å²) < 4.78 is 1.77. The lowest BCUT2D eigenvalue weighted by molar-refractivity contribution is 0.0988. The Morgan fingerprint density at radius 2 is 1.88 bits per heavy atom. The molecule has 0 unspecified atom stereocenters. The van der Waals surface area contributed by atoms with Crippen LogP contribution in [-0.4, -0.2) is 22.2 Å². The van der Waals surface area contributed by atoms with Crippen LogP contribution in [0.4, 0.5) is 5.69 Å². The van der Waals surface area contributed by atoms with Crippen LogP contribution >= 0.6 is 0 Å². The van der Waals surface area contributed by atoms with E-state index in [1.807, 2.05) is 62.2 Å². The average molecular weight is 319 g/mol. The number of carbonyl (C=O) groups is 1. The summed E-state index contributed by atoms with van der Waals surface area (Å²) >= 11 is 0. The Morgan fingerprint density at radius 1 is 1.12 bits per heavy atom. The molecule has 0 aliphatic heterocycles. The summed E-state index contributed by atoms with van der Waals surface area (Å²) in [4.78, 5) is 14.8. The predicted octanol–water partition coefficient (Wildman–Crippen LogP) is 4.16. The van der Waals surface area contributed by atoms with Gasteiger partial charge in [-0.1, -0.05) is 12.1 Å². The predicted molar refractivity (Wildman–Crippen MR) is 96.8 cm³/mol. The molecule has 0 saturated carbocycles. The number of nitrogens with zero attached hydrogens (tertiary/aromatic N) is 3. The fraction of sp³-hybridized carbons (Fsp3) is 0.200. The van der Waals surface area contributed by atoms with Gasteiger partial charge in [0.2, 0.25) is 0 Å². The van der Waals surface area contributed by atoms with Gasteiger partial charge >= 0.3 is 0 Å². The van der Waals surface area contributed by atoms with E-state index in [-0.39, 0.29) is 5.91 Å². The molecule has 122 valence electrons. The van der Waals surface area contributed by atoms with Crippen LogP contribution in [0.5, 0.6) is 0 Å². The molecule has 0 saturated heterocycles. The molecule has 3 aromatic rings. The van der Waals surface area contributed by atoms with Crippen LogP contribution in [0.1, 0.15) is 28.4 Å². The summed E-state index contributed by atoms with van der Waals surface area (Å²) in [6.07, 6.45) is 3.61. The molecule has 4 nitrogen and oxygen atoms in total. The summed E-state index contributed by atoms with van der Waals surface area (Å²) in [5.41, 5.74) is 4.83. The Bertz CT molecular complexity index is 836. The topological polar surface area (TPSA) is 38.1 Å². The minimum atomic E-state index is 0.0122. The molecule has 0 bridgehead atoms. The highest BCUT2D eigenvalue weighted by atomic mass is 16.2. The van der Waals surface area contributed by atoms with E-state index in [0.29, 0.717) is 12.1 Å². The number of rotatable bonds is 4. The maximum absolute atomic E-state index is 12.9. The van der Waals surface area contributed by atoms with Crippen molar-refractivity contribution in [3.05, 3.63) is 77.6 Å². The number of amides is 1.